The molecule has 0 unspecified atom stereocenters. The quantitative estimate of drug-likeness (QED) is 0.408. The second-order valence-corrected chi connectivity index (χ2v) is 6.99. The van der Waals surface area contributed by atoms with Crippen LogP contribution in [0.25, 0.3) is 0 Å². The minimum Gasteiger partial charge on any atom is -0.484 e. The third-order valence-electron chi connectivity index (χ3n) is 3.09. The van der Waals surface area contributed by atoms with E-state index in [0.29, 0.717) is 16.5 Å². The van der Waals surface area contributed by atoms with E-state index in [9.17, 15) is 13.2 Å². The monoisotopic (exact) mass is 369 g/mol. The Hall–Kier alpha value is -2.29. The van der Waals surface area contributed by atoms with Crippen LogP contribution in [0.1, 0.15) is 5.56 Å². The van der Waals surface area contributed by atoms with Gasteiger partial charge in [0.1, 0.15) is 5.75 Å². The third kappa shape index (κ3) is 4.60. The summed E-state index contributed by atoms with van der Waals surface area (Å²) in [6.45, 7) is 1.56. The van der Waals surface area contributed by atoms with Gasteiger partial charge >= 0.3 is 0 Å². The zero-order valence-corrected chi connectivity index (χ0v) is 14.3. The number of amides is 1. The first-order chi connectivity index (χ1) is 11.3. The smallest absolute Gasteiger partial charge is 0.271 e. The maximum Gasteiger partial charge on any atom is 0.271 e. The Morgan fingerprint density at radius 3 is 2.46 bits per heavy atom. The van der Waals surface area contributed by atoms with Crippen molar-refractivity contribution in [3.63, 3.8) is 0 Å². The van der Waals surface area contributed by atoms with Gasteiger partial charge in [0.05, 0.1) is 10.6 Å². The lowest BCUT2D eigenvalue weighted by molar-refractivity contribution is -0.123. The Morgan fingerprint density at radius 1 is 1.21 bits per heavy atom. The minimum atomic E-state index is -3.76. The molecule has 7 nitrogen and oxygen atoms in total. The number of hydrazine groups is 1. The molecular weight excluding hydrogens is 354 g/mol. The van der Waals surface area contributed by atoms with E-state index in [0.717, 1.165) is 5.56 Å². The highest BCUT2D eigenvalue weighted by molar-refractivity contribution is 7.92. The van der Waals surface area contributed by atoms with Gasteiger partial charge in [0, 0.05) is 5.02 Å². The van der Waals surface area contributed by atoms with E-state index in [1.54, 1.807) is 12.1 Å². The Morgan fingerprint density at radius 2 is 1.88 bits per heavy atom. The summed E-state index contributed by atoms with van der Waals surface area (Å²) in [5.41, 5.74) is 3.14. The molecule has 0 heterocycles. The van der Waals surface area contributed by atoms with E-state index < -0.39 is 15.9 Å². The summed E-state index contributed by atoms with van der Waals surface area (Å²) >= 11 is 5.99. The van der Waals surface area contributed by atoms with Crippen LogP contribution in [0.5, 0.6) is 5.75 Å². The van der Waals surface area contributed by atoms with Crippen molar-refractivity contribution < 1.29 is 17.9 Å². The number of nitrogens with one attached hydrogen (secondary N) is 2. The highest BCUT2D eigenvalue weighted by Crippen LogP contribution is 2.23. The molecule has 0 atom stereocenters. The van der Waals surface area contributed by atoms with Gasteiger partial charge in [-0.2, -0.15) is 0 Å². The summed E-state index contributed by atoms with van der Waals surface area (Å²) in [6, 6.07) is 10.5. The van der Waals surface area contributed by atoms with E-state index >= 15 is 0 Å². The van der Waals surface area contributed by atoms with Gasteiger partial charge < -0.3 is 4.74 Å². The van der Waals surface area contributed by atoms with Gasteiger partial charge in [0.2, 0.25) is 0 Å². The van der Waals surface area contributed by atoms with Gasteiger partial charge in [-0.15, -0.1) is 0 Å². The number of anilines is 1. The third-order valence-corrected chi connectivity index (χ3v) is 4.89. The minimum absolute atomic E-state index is 0.0508. The second-order valence-electron chi connectivity index (χ2n) is 4.90. The average molecular weight is 370 g/mol. The van der Waals surface area contributed by atoms with Crippen molar-refractivity contribution >= 4 is 33.2 Å². The Balaban J connectivity index is 2.11. The van der Waals surface area contributed by atoms with Crippen molar-refractivity contribution in [2.45, 2.75) is 11.8 Å². The fourth-order valence-corrected chi connectivity index (χ4v) is 3.01. The lowest BCUT2D eigenvalue weighted by Gasteiger charge is -2.10. The number of hydrogen-bond acceptors (Lipinski definition) is 5. The Kier molecular flexibility index (Phi) is 5.66. The van der Waals surface area contributed by atoms with E-state index in [2.05, 4.69) is 4.72 Å². The standard InChI is InChI=1S/C15H16ClN3O4S/c1-10-2-3-11(8-14(10)16)19-24(21,22)13-6-4-12(5-7-13)23-9-15(20)18-17/h2-8,19H,9,17H2,1H3,(H,18,20). The van der Waals surface area contributed by atoms with E-state index in [4.69, 9.17) is 22.2 Å². The Bertz CT molecular complexity index is 838. The van der Waals surface area contributed by atoms with Crippen LogP contribution in [-0.4, -0.2) is 20.9 Å². The van der Waals surface area contributed by atoms with Crippen molar-refractivity contribution in [2.24, 2.45) is 5.84 Å². The highest BCUT2D eigenvalue weighted by Gasteiger charge is 2.15. The fourth-order valence-electron chi connectivity index (χ4n) is 1.78. The summed E-state index contributed by atoms with van der Waals surface area (Å²) in [6.07, 6.45) is 0. The number of rotatable bonds is 6. The van der Waals surface area contributed by atoms with Gasteiger partial charge in [-0.05, 0) is 48.9 Å². The maximum atomic E-state index is 12.3. The van der Waals surface area contributed by atoms with Crippen LogP contribution in [0, 0.1) is 6.92 Å². The summed E-state index contributed by atoms with van der Waals surface area (Å²) in [5, 5.41) is 0.470. The average Bonchev–Trinajstić information content (AvgIpc) is 2.56. The second kappa shape index (κ2) is 7.52. The molecule has 1 amide bonds. The number of nitrogens with two attached hydrogens (primary N) is 1. The largest absolute Gasteiger partial charge is 0.484 e. The Labute approximate surface area is 144 Å². The first-order valence-corrected chi connectivity index (χ1v) is 8.69. The molecule has 0 saturated heterocycles. The molecule has 0 aromatic heterocycles. The number of sulfonamides is 1. The van der Waals surface area contributed by atoms with Gasteiger partial charge in [-0.3, -0.25) is 14.9 Å². The molecule has 4 N–H and O–H groups in total. The number of halogens is 1. The molecular formula is C15H16ClN3O4S. The zero-order valence-electron chi connectivity index (χ0n) is 12.7. The van der Waals surface area contributed by atoms with Gasteiger partial charge in [0.15, 0.2) is 6.61 Å². The molecule has 0 spiro atoms. The van der Waals surface area contributed by atoms with Gasteiger partial charge in [-0.25, -0.2) is 14.3 Å². The van der Waals surface area contributed by atoms with Gasteiger partial charge in [-0.1, -0.05) is 17.7 Å². The highest BCUT2D eigenvalue weighted by atomic mass is 35.5. The lowest BCUT2D eigenvalue weighted by atomic mass is 10.2. The first kappa shape index (κ1) is 18.1. The summed E-state index contributed by atoms with van der Waals surface area (Å²) in [5.74, 6) is 4.78. The molecule has 0 bridgehead atoms. The zero-order chi connectivity index (χ0) is 17.7. The van der Waals surface area contributed by atoms with Crippen LogP contribution in [-0.2, 0) is 14.8 Å². The number of carbonyl (C=O) groups excluding carboxylic acids is 1. The molecule has 0 saturated carbocycles. The molecule has 0 aliphatic carbocycles. The summed E-state index contributed by atoms with van der Waals surface area (Å²) in [4.78, 5) is 11.0. The number of aryl methyl sites for hydroxylation is 1. The molecule has 128 valence electrons. The van der Waals surface area contributed by atoms with Crippen LogP contribution in [0.15, 0.2) is 47.4 Å². The van der Waals surface area contributed by atoms with Gasteiger partial charge in [0.25, 0.3) is 15.9 Å². The van der Waals surface area contributed by atoms with Crippen molar-refractivity contribution in [3.8, 4) is 5.75 Å². The van der Waals surface area contributed by atoms with Crippen LogP contribution >= 0.6 is 11.6 Å². The summed E-state index contributed by atoms with van der Waals surface area (Å²) in [7, 11) is -3.76. The van der Waals surface area contributed by atoms with Crippen LogP contribution in [0.3, 0.4) is 0 Å². The van der Waals surface area contributed by atoms with Crippen molar-refractivity contribution in [1.82, 2.24) is 5.43 Å². The molecule has 9 heteroatoms. The van der Waals surface area contributed by atoms with E-state index in [1.165, 1.54) is 30.3 Å². The van der Waals surface area contributed by atoms with Crippen LogP contribution in [0.4, 0.5) is 5.69 Å². The number of benzene rings is 2. The molecule has 0 radical (unpaired) electrons. The predicted molar refractivity (Wildman–Crippen MR) is 91.3 cm³/mol. The summed E-state index contributed by atoms with van der Waals surface area (Å²) < 4.78 is 32.3. The van der Waals surface area contributed by atoms with E-state index in [-0.39, 0.29) is 11.5 Å². The fraction of sp³-hybridized carbons (Fsp3) is 0.133. The van der Waals surface area contributed by atoms with Crippen molar-refractivity contribution in [3.05, 3.63) is 53.1 Å². The first-order valence-electron chi connectivity index (χ1n) is 6.83. The normalized spacial score (nSPS) is 11.0. The van der Waals surface area contributed by atoms with Crippen LogP contribution < -0.4 is 20.7 Å². The lowest BCUT2D eigenvalue weighted by Crippen LogP contribution is -2.34. The van der Waals surface area contributed by atoms with E-state index in [1.807, 2.05) is 12.3 Å². The number of carbonyl (C=O) groups is 1. The molecule has 0 aliphatic heterocycles. The maximum absolute atomic E-state index is 12.3. The number of hydrogen-bond donors (Lipinski definition) is 3. The number of ether oxygens (including phenoxy) is 1. The molecule has 0 fully saturated rings. The van der Waals surface area contributed by atoms with Crippen LogP contribution in [0.2, 0.25) is 5.02 Å². The molecule has 0 aliphatic rings. The predicted octanol–water partition coefficient (Wildman–Crippen LogP) is 1.82. The molecule has 2 aromatic rings. The molecule has 2 aromatic carbocycles. The topological polar surface area (TPSA) is 111 Å². The molecule has 2 rings (SSSR count). The van der Waals surface area contributed by atoms with Crippen molar-refractivity contribution in [1.29, 1.82) is 0 Å². The molecule has 24 heavy (non-hydrogen) atoms. The van der Waals surface area contributed by atoms with Crippen molar-refractivity contribution in [2.75, 3.05) is 11.3 Å². The SMILES string of the molecule is Cc1ccc(NS(=O)(=O)c2ccc(OCC(=O)NN)cc2)cc1Cl.